The Labute approximate surface area is 369 Å². The van der Waals surface area contributed by atoms with E-state index in [0.29, 0.717) is 152 Å². The highest BCUT2D eigenvalue weighted by Gasteiger charge is 2.17. The average molecular weight is 875 g/mol. The minimum Gasteiger partial charge on any atom is -0.491 e. The number of rotatable bonds is 50. The molecule has 0 aliphatic carbocycles. The summed E-state index contributed by atoms with van der Waals surface area (Å²) in [6, 6.07) is 8.45. The van der Waals surface area contributed by atoms with Gasteiger partial charge in [-0.25, -0.2) is 0 Å². The molecule has 0 aliphatic rings. The van der Waals surface area contributed by atoms with Gasteiger partial charge >= 0.3 is 5.97 Å². The smallest absolute Gasteiger partial charge is 0.308 e. The van der Waals surface area contributed by atoms with Crippen LogP contribution in [0.25, 0.3) is 0 Å². The van der Waals surface area contributed by atoms with E-state index in [1.54, 1.807) is 0 Å². The van der Waals surface area contributed by atoms with Crippen molar-refractivity contribution in [1.29, 1.82) is 0 Å². The highest BCUT2D eigenvalue weighted by atomic mass is 16.6. The molecule has 1 unspecified atom stereocenters. The Bertz CT molecular complexity index is 1020. The van der Waals surface area contributed by atoms with E-state index >= 15 is 0 Å². The van der Waals surface area contributed by atoms with Crippen LogP contribution in [-0.2, 0) is 68.1 Å². The van der Waals surface area contributed by atoms with Crippen LogP contribution in [0, 0.1) is 5.92 Å². The normalized spacial score (nSPS) is 12.0. The molecule has 61 heavy (non-hydrogen) atoms. The Morgan fingerprint density at radius 1 is 0.393 bits per heavy atom. The zero-order chi connectivity index (χ0) is 43.8. The number of benzene rings is 1. The average Bonchev–Trinajstić information content (AvgIpc) is 3.27. The molecule has 14 heteroatoms. The van der Waals surface area contributed by atoms with Gasteiger partial charge in [-0.3, -0.25) is 4.79 Å². The molecule has 0 saturated carbocycles. The highest BCUT2D eigenvalue weighted by Crippen LogP contribution is 2.16. The molecule has 0 fully saturated rings. The van der Waals surface area contributed by atoms with Crippen LogP contribution in [0.5, 0.6) is 5.75 Å². The lowest BCUT2D eigenvalue weighted by Crippen LogP contribution is -2.20. The molecule has 0 amide bonds. The summed E-state index contributed by atoms with van der Waals surface area (Å²) < 4.78 is 71.8. The largest absolute Gasteiger partial charge is 0.491 e. The van der Waals surface area contributed by atoms with Crippen molar-refractivity contribution in [3.05, 3.63) is 29.8 Å². The summed E-state index contributed by atoms with van der Waals surface area (Å²) in [7, 11) is 0. The fraction of sp³-hybridized carbons (Fsp3) is 0.851. The Hall–Kier alpha value is -1.95. The summed E-state index contributed by atoms with van der Waals surface area (Å²) in [4.78, 5) is 12.0. The third kappa shape index (κ3) is 40.6. The third-order valence-electron chi connectivity index (χ3n) is 9.41. The minimum atomic E-state index is -0.120. The van der Waals surface area contributed by atoms with Crippen molar-refractivity contribution >= 4 is 5.97 Å². The third-order valence-corrected chi connectivity index (χ3v) is 9.41. The highest BCUT2D eigenvalue weighted by molar-refractivity contribution is 5.72. The van der Waals surface area contributed by atoms with Crippen molar-refractivity contribution in [2.45, 2.75) is 97.8 Å². The number of carbonyl (C=O) groups excluding carboxylic acids is 1. The molecule has 1 aromatic carbocycles. The quantitative estimate of drug-likeness (QED) is 0.0478. The maximum atomic E-state index is 12.0. The zero-order valence-electron chi connectivity index (χ0n) is 38.6. The maximum absolute atomic E-state index is 12.0. The van der Waals surface area contributed by atoms with Gasteiger partial charge in [0.25, 0.3) is 0 Å². The predicted octanol–water partition coefficient (Wildman–Crippen LogP) is 7.30. The number of hydrogen-bond acceptors (Lipinski definition) is 14. The standard InChI is InChI=1S/C47H86O14/c1-4-7-9-10-11-12-13-14-44-16-18-46(19-17-44)60-42-40-58-38-36-56-34-32-54-30-28-52-26-24-50-22-20-49-21-23-51-25-27-53-29-31-55-33-35-57-37-39-59-41-43-61-47(48)45(6-3)15-8-5-2/h16-19,45H,4-15,20-43H2,1-3H3. The molecule has 0 spiro atoms. The van der Waals surface area contributed by atoms with Gasteiger partial charge in [-0.15, -0.1) is 0 Å². The first-order valence-corrected chi connectivity index (χ1v) is 23.4. The van der Waals surface area contributed by atoms with Crippen molar-refractivity contribution < 1.29 is 66.4 Å². The minimum absolute atomic E-state index is 0.00611. The summed E-state index contributed by atoms with van der Waals surface area (Å²) in [6.45, 7) is 18.0. The molecule has 0 aromatic heterocycles. The van der Waals surface area contributed by atoms with Gasteiger partial charge in [0.2, 0.25) is 0 Å². The fourth-order valence-corrected chi connectivity index (χ4v) is 5.82. The van der Waals surface area contributed by atoms with E-state index < -0.39 is 0 Å². The molecule has 1 atom stereocenters. The Kier molecular flexibility index (Phi) is 44.5. The second kappa shape index (κ2) is 47.5. The van der Waals surface area contributed by atoms with Crippen molar-refractivity contribution in [3.63, 3.8) is 0 Å². The van der Waals surface area contributed by atoms with Gasteiger partial charge in [0.15, 0.2) is 0 Å². The van der Waals surface area contributed by atoms with Crippen molar-refractivity contribution in [1.82, 2.24) is 0 Å². The molecular formula is C47H86O14. The Morgan fingerprint density at radius 3 is 1.08 bits per heavy atom. The Balaban J connectivity index is 1.68. The Morgan fingerprint density at radius 2 is 0.721 bits per heavy atom. The number of hydrogen-bond donors (Lipinski definition) is 0. The van der Waals surface area contributed by atoms with Gasteiger partial charge in [0.1, 0.15) is 19.0 Å². The summed E-state index contributed by atoms with van der Waals surface area (Å²) in [5.41, 5.74) is 1.38. The molecule has 1 rings (SSSR count). The van der Waals surface area contributed by atoms with E-state index in [9.17, 15) is 4.79 Å². The molecule has 358 valence electrons. The van der Waals surface area contributed by atoms with E-state index in [4.69, 9.17) is 61.6 Å². The van der Waals surface area contributed by atoms with Crippen molar-refractivity contribution in [2.75, 3.05) is 159 Å². The number of carbonyl (C=O) groups is 1. The lowest BCUT2D eigenvalue weighted by Gasteiger charge is -2.13. The van der Waals surface area contributed by atoms with Crippen molar-refractivity contribution in [2.24, 2.45) is 5.92 Å². The second-order valence-corrected chi connectivity index (χ2v) is 14.5. The van der Waals surface area contributed by atoms with Gasteiger partial charge in [-0.2, -0.15) is 0 Å². The summed E-state index contributed by atoms with van der Waals surface area (Å²) in [5.74, 6) is 0.757. The van der Waals surface area contributed by atoms with E-state index in [-0.39, 0.29) is 18.5 Å². The lowest BCUT2D eigenvalue weighted by molar-refractivity contribution is -0.150. The van der Waals surface area contributed by atoms with Crippen molar-refractivity contribution in [3.8, 4) is 5.75 Å². The van der Waals surface area contributed by atoms with Gasteiger partial charge in [-0.05, 0) is 43.4 Å². The summed E-state index contributed by atoms with van der Waals surface area (Å²) in [5, 5.41) is 0. The molecule has 1 aromatic rings. The number of esters is 1. The predicted molar refractivity (Wildman–Crippen MR) is 237 cm³/mol. The SMILES string of the molecule is CCCCCCCCCc1ccc(OCCOCCOCCOCCOCCOCCOCCOCCOCCOCCOCCOCCOC(=O)C(CC)CCCC)cc1. The molecular weight excluding hydrogens is 789 g/mol. The lowest BCUT2D eigenvalue weighted by atomic mass is 10.00. The molecule has 0 heterocycles. The zero-order valence-corrected chi connectivity index (χ0v) is 38.6. The van der Waals surface area contributed by atoms with Gasteiger partial charge in [-0.1, -0.05) is 84.3 Å². The van der Waals surface area contributed by atoms with E-state index in [2.05, 4.69) is 38.1 Å². The number of aryl methyl sites for hydroxylation is 1. The van der Waals surface area contributed by atoms with E-state index in [0.717, 1.165) is 37.9 Å². The first-order valence-electron chi connectivity index (χ1n) is 23.4. The van der Waals surface area contributed by atoms with Crippen LogP contribution in [0.15, 0.2) is 24.3 Å². The van der Waals surface area contributed by atoms with Crippen LogP contribution < -0.4 is 4.74 Å². The molecule has 0 saturated heterocycles. The van der Waals surface area contributed by atoms with Crippen LogP contribution in [0.1, 0.15) is 97.0 Å². The molecule has 0 radical (unpaired) electrons. The molecule has 14 nitrogen and oxygen atoms in total. The van der Waals surface area contributed by atoms with E-state index in [1.807, 2.05) is 6.92 Å². The summed E-state index contributed by atoms with van der Waals surface area (Å²) in [6.07, 6.45) is 14.3. The monoisotopic (exact) mass is 875 g/mol. The van der Waals surface area contributed by atoms with Crippen LogP contribution in [-0.4, -0.2) is 165 Å². The number of unbranched alkanes of at least 4 members (excludes halogenated alkanes) is 7. The fourth-order valence-electron chi connectivity index (χ4n) is 5.82. The molecule has 0 N–H and O–H groups in total. The first-order chi connectivity index (χ1) is 30.2. The van der Waals surface area contributed by atoms with Crippen LogP contribution in [0.2, 0.25) is 0 Å². The molecule has 0 aliphatic heterocycles. The number of ether oxygens (including phenoxy) is 13. The van der Waals surface area contributed by atoms with Gasteiger partial charge in [0.05, 0.1) is 151 Å². The van der Waals surface area contributed by atoms with Gasteiger partial charge < -0.3 is 61.6 Å². The topological polar surface area (TPSA) is 137 Å². The maximum Gasteiger partial charge on any atom is 0.308 e. The van der Waals surface area contributed by atoms with E-state index in [1.165, 1.54) is 50.5 Å². The van der Waals surface area contributed by atoms with Gasteiger partial charge in [0, 0.05) is 0 Å². The summed E-state index contributed by atoms with van der Waals surface area (Å²) >= 11 is 0. The first kappa shape index (κ1) is 57.1. The second-order valence-electron chi connectivity index (χ2n) is 14.5. The van der Waals surface area contributed by atoms with Crippen LogP contribution in [0.3, 0.4) is 0 Å². The van der Waals surface area contributed by atoms with Crippen LogP contribution in [0.4, 0.5) is 0 Å². The molecule has 0 bridgehead atoms. The van der Waals surface area contributed by atoms with Crippen LogP contribution >= 0.6 is 0 Å².